The summed E-state index contributed by atoms with van der Waals surface area (Å²) in [5.41, 5.74) is 3.54. The second-order valence-electron chi connectivity index (χ2n) is 9.64. The van der Waals surface area contributed by atoms with Gasteiger partial charge in [-0.3, -0.25) is 4.79 Å². The standard InChI is InChI=1S/C19H18N4O3.C14H12O2/c1-2-3-8-17-20-15-10-9-12(11-16(15)23(17)26)22-18(24)13-6-4-5-7-14(13)21-19(22)25;1-16-14(15)13-10-6-5-9-12(13)11-7-3-2-4-8-11/h4-7,9-11,26H,2-3,8H2,1H3,(H,21,25);2-10H,1H3. The Hall–Kier alpha value is -5.44. The number of benzene rings is 4. The molecule has 0 saturated carbocycles. The number of para-hydroxylation sites is 1. The molecule has 0 unspecified atom stereocenters. The van der Waals surface area contributed by atoms with Crippen molar-refractivity contribution in [3.8, 4) is 16.8 Å². The number of hydrogen-bond donors (Lipinski definition) is 2. The summed E-state index contributed by atoms with van der Waals surface area (Å²) in [4.78, 5) is 43.9. The maximum Gasteiger partial charge on any atom is 0.338 e. The molecule has 2 heterocycles. The van der Waals surface area contributed by atoms with E-state index in [2.05, 4.69) is 16.9 Å². The minimum atomic E-state index is -0.525. The predicted octanol–water partition coefficient (Wildman–Crippen LogP) is 5.75. The van der Waals surface area contributed by atoms with E-state index in [-0.39, 0.29) is 5.97 Å². The highest BCUT2D eigenvalue weighted by Crippen LogP contribution is 2.24. The van der Waals surface area contributed by atoms with Gasteiger partial charge in [0.1, 0.15) is 11.3 Å². The minimum Gasteiger partial charge on any atom is -0.465 e. The number of nitrogens with one attached hydrogen (secondary N) is 1. The minimum absolute atomic E-state index is 0.306. The van der Waals surface area contributed by atoms with Crippen LogP contribution in [0.1, 0.15) is 35.9 Å². The lowest BCUT2D eigenvalue weighted by Gasteiger charge is -2.07. The summed E-state index contributed by atoms with van der Waals surface area (Å²) in [6, 6.07) is 29.1. The molecular formula is C33H30N4O5. The van der Waals surface area contributed by atoms with Crippen LogP contribution in [0.4, 0.5) is 0 Å². The number of H-pyrrole nitrogens is 1. The van der Waals surface area contributed by atoms with E-state index in [0.29, 0.717) is 45.4 Å². The summed E-state index contributed by atoms with van der Waals surface area (Å²) < 4.78 is 6.87. The number of carbonyl (C=O) groups is 1. The fourth-order valence-electron chi connectivity index (χ4n) is 4.77. The molecule has 0 saturated heterocycles. The number of ether oxygens (including phenoxy) is 1. The van der Waals surface area contributed by atoms with Gasteiger partial charge in [-0.1, -0.05) is 74.0 Å². The van der Waals surface area contributed by atoms with Crippen LogP contribution in [0, 0.1) is 0 Å². The molecule has 42 heavy (non-hydrogen) atoms. The van der Waals surface area contributed by atoms with E-state index in [1.807, 2.05) is 48.5 Å². The molecule has 0 fully saturated rings. The largest absolute Gasteiger partial charge is 0.465 e. The van der Waals surface area contributed by atoms with Gasteiger partial charge in [-0.2, -0.15) is 4.73 Å². The van der Waals surface area contributed by atoms with Crippen molar-refractivity contribution >= 4 is 27.9 Å². The topological polar surface area (TPSA) is 119 Å². The summed E-state index contributed by atoms with van der Waals surface area (Å²) >= 11 is 0. The average molecular weight is 563 g/mol. The summed E-state index contributed by atoms with van der Waals surface area (Å²) in [5.74, 6) is 0.262. The first-order chi connectivity index (χ1) is 20.4. The molecule has 6 aromatic rings. The van der Waals surface area contributed by atoms with Crippen molar-refractivity contribution in [2.75, 3.05) is 7.11 Å². The highest BCUT2D eigenvalue weighted by molar-refractivity contribution is 5.97. The van der Waals surface area contributed by atoms with E-state index in [4.69, 9.17) is 4.74 Å². The van der Waals surface area contributed by atoms with Gasteiger partial charge >= 0.3 is 11.7 Å². The van der Waals surface area contributed by atoms with E-state index < -0.39 is 11.2 Å². The summed E-state index contributed by atoms with van der Waals surface area (Å²) in [6.45, 7) is 2.07. The number of hydrogen-bond acceptors (Lipinski definition) is 6. The van der Waals surface area contributed by atoms with Gasteiger partial charge in [-0.25, -0.2) is 19.1 Å². The van der Waals surface area contributed by atoms with Crippen LogP contribution in [0.15, 0.2) is 107 Å². The molecule has 9 heteroatoms. The van der Waals surface area contributed by atoms with Crippen LogP contribution >= 0.6 is 0 Å². The number of esters is 1. The normalized spacial score (nSPS) is 10.8. The molecule has 0 bridgehead atoms. The molecule has 9 nitrogen and oxygen atoms in total. The van der Waals surface area contributed by atoms with E-state index in [1.54, 1.807) is 48.5 Å². The Labute approximate surface area is 241 Å². The van der Waals surface area contributed by atoms with Gasteiger partial charge in [0, 0.05) is 6.42 Å². The SMILES string of the molecule is CCCCc1nc2ccc(-n3c(=O)[nH]c4ccccc4c3=O)cc2n1O.COC(=O)c1ccccc1-c1ccccc1. The zero-order valence-corrected chi connectivity index (χ0v) is 23.3. The third-order valence-corrected chi connectivity index (χ3v) is 6.92. The van der Waals surface area contributed by atoms with E-state index >= 15 is 0 Å². The number of aromatic amines is 1. The highest BCUT2D eigenvalue weighted by atomic mass is 16.5. The van der Waals surface area contributed by atoms with Gasteiger partial charge in [0.2, 0.25) is 0 Å². The third kappa shape index (κ3) is 5.57. The smallest absolute Gasteiger partial charge is 0.338 e. The Bertz CT molecular complexity index is 1990. The van der Waals surface area contributed by atoms with Crippen molar-refractivity contribution in [1.29, 1.82) is 0 Å². The zero-order chi connectivity index (χ0) is 29.6. The average Bonchev–Trinajstić information content (AvgIpc) is 3.34. The molecule has 0 aliphatic heterocycles. The Morgan fingerprint density at radius 2 is 1.64 bits per heavy atom. The second kappa shape index (κ2) is 12.4. The molecule has 4 aromatic carbocycles. The number of nitrogens with zero attached hydrogens (tertiary/aromatic N) is 3. The number of carbonyl (C=O) groups excluding carboxylic acids is 1. The molecule has 0 aliphatic rings. The lowest BCUT2D eigenvalue weighted by molar-refractivity contribution is 0.0601. The van der Waals surface area contributed by atoms with Crippen LogP contribution in [-0.4, -0.2) is 37.6 Å². The number of aromatic nitrogens is 4. The molecule has 6 rings (SSSR count). The Morgan fingerprint density at radius 1 is 0.929 bits per heavy atom. The monoisotopic (exact) mass is 562 g/mol. The van der Waals surface area contributed by atoms with Gasteiger partial charge in [0.05, 0.1) is 34.8 Å². The van der Waals surface area contributed by atoms with E-state index in [1.165, 1.54) is 7.11 Å². The Balaban J connectivity index is 0.000000189. The van der Waals surface area contributed by atoms with Crippen LogP contribution in [0.25, 0.3) is 38.8 Å². The van der Waals surface area contributed by atoms with Crippen LogP contribution < -0.4 is 11.2 Å². The molecule has 0 radical (unpaired) electrons. The van der Waals surface area contributed by atoms with Gasteiger partial charge < -0.3 is 14.9 Å². The maximum absolute atomic E-state index is 12.8. The summed E-state index contributed by atoms with van der Waals surface area (Å²) in [5, 5.41) is 10.8. The van der Waals surface area contributed by atoms with E-state index in [0.717, 1.165) is 33.3 Å². The maximum atomic E-state index is 12.8. The number of aryl methyl sites for hydroxylation is 1. The van der Waals surface area contributed by atoms with Crippen molar-refractivity contribution in [2.45, 2.75) is 26.2 Å². The van der Waals surface area contributed by atoms with Gasteiger partial charge in [-0.15, -0.1) is 0 Å². The molecule has 0 amide bonds. The summed E-state index contributed by atoms with van der Waals surface area (Å²) in [6.07, 6.45) is 2.57. The molecule has 0 aliphatic carbocycles. The predicted molar refractivity (Wildman–Crippen MR) is 162 cm³/mol. The number of unbranched alkanes of at least 4 members (excludes halogenated alkanes) is 1. The first-order valence-corrected chi connectivity index (χ1v) is 13.6. The Kier molecular flexibility index (Phi) is 8.29. The first kappa shape index (κ1) is 28.1. The number of methoxy groups -OCH3 is 1. The molecule has 0 spiro atoms. The van der Waals surface area contributed by atoms with E-state index in [9.17, 15) is 19.6 Å². The molecule has 2 aromatic heterocycles. The van der Waals surface area contributed by atoms with Crippen molar-refractivity contribution in [1.82, 2.24) is 19.3 Å². The fourth-order valence-corrected chi connectivity index (χ4v) is 4.77. The van der Waals surface area contributed by atoms with Crippen molar-refractivity contribution < 1.29 is 14.7 Å². The van der Waals surface area contributed by atoms with Crippen molar-refractivity contribution in [3.63, 3.8) is 0 Å². The molecule has 2 N–H and O–H groups in total. The highest BCUT2D eigenvalue weighted by Gasteiger charge is 2.14. The van der Waals surface area contributed by atoms with Gasteiger partial charge in [0.25, 0.3) is 5.56 Å². The lowest BCUT2D eigenvalue weighted by Crippen LogP contribution is -2.33. The fraction of sp³-hybridized carbons (Fsp3) is 0.152. The van der Waals surface area contributed by atoms with Gasteiger partial charge in [0.15, 0.2) is 0 Å². The molecule has 0 atom stereocenters. The summed E-state index contributed by atoms with van der Waals surface area (Å²) in [7, 11) is 1.39. The molecular weight excluding hydrogens is 532 g/mol. The van der Waals surface area contributed by atoms with Crippen molar-refractivity contribution in [3.05, 3.63) is 129 Å². The van der Waals surface area contributed by atoms with Crippen LogP contribution in [0.3, 0.4) is 0 Å². The third-order valence-electron chi connectivity index (χ3n) is 6.92. The second-order valence-corrected chi connectivity index (χ2v) is 9.64. The molecule has 212 valence electrons. The van der Waals surface area contributed by atoms with Crippen LogP contribution in [-0.2, 0) is 11.2 Å². The first-order valence-electron chi connectivity index (χ1n) is 13.6. The number of fused-ring (bicyclic) bond motifs is 2. The lowest BCUT2D eigenvalue weighted by atomic mass is 10.00. The zero-order valence-electron chi connectivity index (χ0n) is 23.3. The van der Waals surface area contributed by atoms with Crippen LogP contribution in [0.5, 0.6) is 0 Å². The van der Waals surface area contributed by atoms with Crippen molar-refractivity contribution in [2.24, 2.45) is 0 Å². The number of rotatable bonds is 6. The Morgan fingerprint density at radius 3 is 2.40 bits per heavy atom. The van der Waals surface area contributed by atoms with Crippen LogP contribution in [0.2, 0.25) is 0 Å². The number of imidazole rings is 1. The quantitative estimate of drug-likeness (QED) is 0.197. The van der Waals surface area contributed by atoms with Gasteiger partial charge in [-0.05, 0) is 53.9 Å².